The summed E-state index contributed by atoms with van der Waals surface area (Å²) in [5.74, 6) is -0.0872. The van der Waals surface area contributed by atoms with Gasteiger partial charge in [0.25, 0.3) is 5.91 Å². The van der Waals surface area contributed by atoms with Gasteiger partial charge in [-0.25, -0.2) is 0 Å². The zero-order chi connectivity index (χ0) is 31.0. The second-order valence-electron chi connectivity index (χ2n) is 12.6. The van der Waals surface area contributed by atoms with E-state index in [1.165, 1.54) is 11.0 Å². The van der Waals surface area contributed by atoms with Crippen molar-refractivity contribution in [2.24, 2.45) is 11.7 Å². The van der Waals surface area contributed by atoms with Crippen molar-refractivity contribution >= 4 is 34.8 Å². The zero-order valence-electron chi connectivity index (χ0n) is 24.8. The van der Waals surface area contributed by atoms with E-state index in [-0.39, 0.29) is 40.7 Å². The molecule has 2 saturated heterocycles. The Kier molecular flexibility index (Phi) is 9.55. The number of amides is 2. The fraction of sp³-hybridized carbons (Fsp3) is 0.667. The van der Waals surface area contributed by atoms with Crippen molar-refractivity contribution in [1.82, 2.24) is 14.7 Å². The van der Waals surface area contributed by atoms with Crippen molar-refractivity contribution in [2.45, 2.75) is 96.1 Å². The Bertz CT molecular complexity index is 1230. The molecule has 12 heteroatoms. The standard InChI is InChI=1S/C30H41F3N6O2S/c1-19-16-36(17-20(2)37(19)18-26(35)40)13-5-6-21-7-10-23(11-8-21)39-28(42)38(27(41)29(39,3)4)24-12-9-22(15-34)25(14-24)30(31,32)33/h9,12,14,19-21,23H,5-8,10-11,13,16-18H2,1-4H3,(H2,35,40)/t19-,20+,21?,23?. The molecule has 4 rings (SSSR count). The van der Waals surface area contributed by atoms with Gasteiger partial charge >= 0.3 is 6.18 Å². The van der Waals surface area contributed by atoms with Crippen LogP contribution in [-0.4, -0.2) is 81.5 Å². The van der Waals surface area contributed by atoms with Crippen LogP contribution in [0.5, 0.6) is 0 Å². The number of anilines is 1. The Morgan fingerprint density at radius 3 is 2.31 bits per heavy atom. The lowest BCUT2D eigenvalue weighted by Gasteiger charge is -2.44. The molecule has 1 aliphatic carbocycles. The number of carbonyl (C=O) groups excluding carboxylic acids is 2. The highest BCUT2D eigenvalue weighted by atomic mass is 32.1. The molecule has 8 nitrogen and oxygen atoms in total. The smallest absolute Gasteiger partial charge is 0.369 e. The minimum atomic E-state index is -4.73. The van der Waals surface area contributed by atoms with E-state index in [1.54, 1.807) is 19.9 Å². The molecule has 3 aliphatic rings. The highest BCUT2D eigenvalue weighted by Crippen LogP contribution is 2.41. The molecule has 0 aromatic heterocycles. The quantitative estimate of drug-likeness (QED) is 0.435. The minimum absolute atomic E-state index is 0.0261. The molecule has 1 aromatic carbocycles. The van der Waals surface area contributed by atoms with E-state index < -0.39 is 22.8 Å². The van der Waals surface area contributed by atoms with Gasteiger partial charge in [0.15, 0.2) is 5.11 Å². The second kappa shape index (κ2) is 12.5. The molecule has 0 spiro atoms. The normalized spacial score (nSPS) is 27.4. The van der Waals surface area contributed by atoms with Gasteiger partial charge in [0.05, 0.1) is 29.4 Å². The molecular formula is C30H41F3N6O2S. The Balaban J connectivity index is 1.34. The number of piperazine rings is 1. The number of carbonyl (C=O) groups is 2. The molecule has 1 saturated carbocycles. The van der Waals surface area contributed by atoms with Gasteiger partial charge in [-0.05, 0) is 109 Å². The van der Waals surface area contributed by atoms with Gasteiger partial charge in [0.2, 0.25) is 5.91 Å². The molecule has 2 N–H and O–H groups in total. The average molecular weight is 607 g/mol. The summed E-state index contributed by atoms with van der Waals surface area (Å²) in [6, 6.07) is 5.45. The predicted molar refractivity (Wildman–Crippen MR) is 158 cm³/mol. The van der Waals surface area contributed by atoms with Crippen LogP contribution in [0, 0.1) is 17.2 Å². The van der Waals surface area contributed by atoms with E-state index in [0.717, 1.165) is 70.3 Å². The summed E-state index contributed by atoms with van der Waals surface area (Å²) >= 11 is 5.72. The third-order valence-corrected chi connectivity index (χ3v) is 9.58. The SMILES string of the molecule is C[C@@H]1CN(CCCC2CCC(N3C(=S)N(c4ccc(C#N)c(C(F)(F)F)c4)C(=O)C3(C)C)CC2)C[C@H](C)N1CC(N)=O. The van der Waals surface area contributed by atoms with E-state index in [4.69, 9.17) is 23.2 Å². The molecule has 42 heavy (non-hydrogen) atoms. The zero-order valence-corrected chi connectivity index (χ0v) is 25.6. The lowest BCUT2D eigenvalue weighted by atomic mass is 9.82. The summed E-state index contributed by atoms with van der Waals surface area (Å²) in [6.45, 7) is 11.0. The third kappa shape index (κ3) is 6.58. The highest BCUT2D eigenvalue weighted by Gasteiger charge is 2.52. The van der Waals surface area contributed by atoms with Crippen molar-refractivity contribution in [3.63, 3.8) is 0 Å². The first-order valence-corrected chi connectivity index (χ1v) is 15.1. The fourth-order valence-electron chi connectivity index (χ4n) is 7.09. The van der Waals surface area contributed by atoms with Crippen molar-refractivity contribution in [1.29, 1.82) is 5.26 Å². The van der Waals surface area contributed by atoms with Gasteiger partial charge < -0.3 is 15.5 Å². The number of benzene rings is 1. The lowest BCUT2D eigenvalue weighted by Crippen LogP contribution is -2.58. The van der Waals surface area contributed by atoms with Gasteiger partial charge in [0.1, 0.15) is 5.54 Å². The Hall–Kier alpha value is -2.75. The summed E-state index contributed by atoms with van der Waals surface area (Å²) in [5, 5.41) is 9.37. The molecule has 2 amide bonds. The highest BCUT2D eigenvalue weighted by molar-refractivity contribution is 7.80. The van der Waals surface area contributed by atoms with Crippen molar-refractivity contribution in [3.8, 4) is 6.07 Å². The van der Waals surface area contributed by atoms with Crippen LogP contribution in [0.2, 0.25) is 0 Å². The fourth-order valence-corrected chi connectivity index (χ4v) is 7.66. The number of nitriles is 1. The lowest BCUT2D eigenvalue weighted by molar-refractivity contribution is -0.137. The number of rotatable bonds is 8. The second-order valence-corrected chi connectivity index (χ2v) is 13.0. The number of primary amides is 1. The average Bonchev–Trinajstić information content (AvgIpc) is 3.08. The molecule has 3 fully saturated rings. The molecular weight excluding hydrogens is 565 g/mol. The maximum atomic E-state index is 13.6. The number of alkyl halides is 3. The van der Waals surface area contributed by atoms with Gasteiger partial charge in [-0.1, -0.05) is 0 Å². The van der Waals surface area contributed by atoms with Crippen molar-refractivity contribution < 1.29 is 22.8 Å². The topological polar surface area (TPSA) is 96.9 Å². The van der Waals surface area contributed by atoms with Crippen LogP contribution >= 0.6 is 12.2 Å². The molecule has 2 atom stereocenters. The van der Waals surface area contributed by atoms with Gasteiger partial charge in [-0.15, -0.1) is 0 Å². The first-order valence-electron chi connectivity index (χ1n) is 14.7. The molecule has 2 heterocycles. The monoisotopic (exact) mass is 606 g/mol. The Morgan fingerprint density at radius 2 is 1.76 bits per heavy atom. The predicted octanol–water partition coefficient (Wildman–Crippen LogP) is 4.51. The first-order chi connectivity index (χ1) is 19.6. The summed E-state index contributed by atoms with van der Waals surface area (Å²) in [7, 11) is 0. The van der Waals surface area contributed by atoms with Gasteiger partial charge in [0, 0.05) is 31.2 Å². The molecule has 0 unspecified atom stereocenters. The third-order valence-electron chi connectivity index (χ3n) is 9.20. The summed E-state index contributed by atoms with van der Waals surface area (Å²) in [5.41, 5.74) is 2.88. The molecule has 1 aromatic rings. The summed E-state index contributed by atoms with van der Waals surface area (Å²) in [6.07, 6.45) is 1.19. The van der Waals surface area contributed by atoms with E-state index in [0.29, 0.717) is 12.5 Å². The van der Waals surface area contributed by atoms with Crippen LogP contribution in [-0.2, 0) is 15.8 Å². The van der Waals surface area contributed by atoms with Crippen LogP contribution < -0.4 is 10.6 Å². The van der Waals surface area contributed by atoms with E-state index in [9.17, 15) is 22.8 Å². The van der Waals surface area contributed by atoms with E-state index >= 15 is 0 Å². The molecule has 230 valence electrons. The first kappa shape index (κ1) is 32.2. The number of thiocarbonyl (C=S) groups is 1. The summed E-state index contributed by atoms with van der Waals surface area (Å²) in [4.78, 5) is 32.7. The van der Waals surface area contributed by atoms with Crippen LogP contribution in [0.4, 0.5) is 18.9 Å². The number of hydrogen-bond acceptors (Lipinski definition) is 6. The Morgan fingerprint density at radius 1 is 1.14 bits per heavy atom. The number of hydrogen-bond donors (Lipinski definition) is 1. The molecule has 2 aliphatic heterocycles. The number of nitrogens with zero attached hydrogens (tertiary/aromatic N) is 5. The number of halogens is 3. The van der Waals surface area contributed by atoms with Crippen molar-refractivity contribution in [3.05, 3.63) is 29.3 Å². The molecule has 0 bridgehead atoms. The van der Waals surface area contributed by atoms with Gasteiger partial charge in [-0.3, -0.25) is 19.4 Å². The van der Waals surface area contributed by atoms with E-state index in [2.05, 4.69) is 23.6 Å². The van der Waals surface area contributed by atoms with Gasteiger partial charge in [-0.2, -0.15) is 18.4 Å². The minimum Gasteiger partial charge on any atom is -0.369 e. The largest absolute Gasteiger partial charge is 0.417 e. The van der Waals surface area contributed by atoms with Crippen LogP contribution in [0.15, 0.2) is 18.2 Å². The number of nitrogens with two attached hydrogens (primary N) is 1. The maximum absolute atomic E-state index is 13.6. The molecule has 0 radical (unpaired) electrons. The Labute approximate surface area is 251 Å². The van der Waals surface area contributed by atoms with Crippen LogP contribution in [0.25, 0.3) is 0 Å². The van der Waals surface area contributed by atoms with Crippen LogP contribution in [0.3, 0.4) is 0 Å². The van der Waals surface area contributed by atoms with Crippen molar-refractivity contribution in [2.75, 3.05) is 31.1 Å². The summed E-state index contributed by atoms with van der Waals surface area (Å²) < 4.78 is 40.9. The maximum Gasteiger partial charge on any atom is 0.417 e. The van der Waals surface area contributed by atoms with Crippen LogP contribution in [0.1, 0.15) is 77.3 Å². The van der Waals surface area contributed by atoms with E-state index in [1.807, 2.05) is 4.90 Å².